The second-order valence-corrected chi connectivity index (χ2v) is 7.95. The number of ether oxygens (including phenoxy) is 1. The molecule has 3 rings (SSSR count). The van der Waals surface area contributed by atoms with Crippen LogP contribution in [0.5, 0.6) is 5.75 Å². The molecule has 0 atom stereocenters. The first-order valence-electron chi connectivity index (χ1n) is 9.44. The molecule has 0 aliphatic heterocycles. The predicted octanol–water partition coefficient (Wildman–Crippen LogP) is 5.49. The lowest BCUT2D eigenvalue weighted by Crippen LogP contribution is -2.37. The highest BCUT2D eigenvalue weighted by Crippen LogP contribution is 2.45. The molecule has 3 nitrogen and oxygen atoms in total. The van der Waals surface area contributed by atoms with E-state index in [0.717, 1.165) is 12.8 Å². The van der Waals surface area contributed by atoms with Crippen molar-refractivity contribution in [1.29, 1.82) is 0 Å². The van der Waals surface area contributed by atoms with Crippen LogP contribution in [0, 0.1) is 6.92 Å². The molecule has 0 bridgehead atoms. The SMILES string of the molecule is Cc1ccc(C2(c3ccc(OC(C)(C)C(=O)O)cc3)CCCCC2)cc1. The fraction of sp³-hybridized carbons (Fsp3) is 0.435. The van der Waals surface area contributed by atoms with E-state index in [4.69, 9.17) is 4.74 Å². The highest BCUT2D eigenvalue weighted by molar-refractivity contribution is 5.76. The van der Waals surface area contributed by atoms with Crippen LogP contribution >= 0.6 is 0 Å². The minimum absolute atomic E-state index is 0.0484. The molecular formula is C23H28O3. The molecule has 0 radical (unpaired) electrons. The van der Waals surface area contributed by atoms with Crippen LogP contribution in [0.25, 0.3) is 0 Å². The Morgan fingerprint density at radius 2 is 1.42 bits per heavy atom. The molecule has 0 unspecified atom stereocenters. The first-order chi connectivity index (χ1) is 12.3. The van der Waals surface area contributed by atoms with E-state index in [1.54, 1.807) is 13.8 Å². The van der Waals surface area contributed by atoms with Gasteiger partial charge in [0.1, 0.15) is 5.75 Å². The molecular weight excluding hydrogens is 324 g/mol. The number of aryl methyl sites for hydroxylation is 1. The van der Waals surface area contributed by atoms with E-state index in [0.29, 0.717) is 5.75 Å². The summed E-state index contributed by atoms with van der Waals surface area (Å²) in [5.41, 5.74) is 2.76. The maximum atomic E-state index is 11.3. The van der Waals surface area contributed by atoms with Crippen molar-refractivity contribution in [2.45, 2.75) is 63.9 Å². The Morgan fingerprint density at radius 3 is 1.92 bits per heavy atom. The van der Waals surface area contributed by atoms with Gasteiger partial charge in [-0.25, -0.2) is 4.79 Å². The Hall–Kier alpha value is -2.29. The summed E-state index contributed by atoms with van der Waals surface area (Å²) in [5, 5.41) is 9.25. The summed E-state index contributed by atoms with van der Waals surface area (Å²) in [4.78, 5) is 11.3. The lowest BCUT2D eigenvalue weighted by atomic mass is 9.65. The number of carboxylic acids is 1. The maximum absolute atomic E-state index is 11.3. The quantitative estimate of drug-likeness (QED) is 0.774. The monoisotopic (exact) mass is 352 g/mol. The third kappa shape index (κ3) is 3.62. The van der Waals surface area contributed by atoms with E-state index < -0.39 is 11.6 Å². The van der Waals surface area contributed by atoms with Gasteiger partial charge in [0.05, 0.1) is 0 Å². The lowest BCUT2D eigenvalue weighted by molar-refractivity contribution is -0.152. The minimum atomic E-state index is -1.24. The molecule has 1 fully saturated rings. The number of benzene rings is 2. The molecule has 1 N–H and O–H groups in total. The summed E-state index contributed by atoms with van der Waals surface area (Å²) >= 11 is 0. The van der Waals surface area contributed by atoms with Gasteiger partial charge < -0.3 is 9.84 Å². The minimum Gasteiger partial charge on any atom is -0.478 e. The molecule has 2 aromatic carbocycles. The fourth-order valence-corrected chi connectivity index (χ4v) is 3.95. The summed E-state index contributed by atoms with van der Waals surface area (Å²) in [6.07, 6.45) is 6.06. The number of aliphatic carboxylic acids is 1. The summed E-state index contributed by atoms with van der Waals surface area (Å²) in [6, 6.07) is 16.9. The van der Waals surface area contributed by atoms with Gasteiger partial charge in [-0.15, -0.1) is 0 Å². The van der Waals surface area contributed by atoms with Crippen molar-refractivity contribution >= 4 is 5.97 Å². The van der Waals surface area contributed by atoms with Gasteiger partial charge in [0.2, 0.25) is 0 Å². The van der Waals surface area contributed by atoms with Gasteiger partial charge in [-0.3, -0.25) is 0 Å². The van der Waals surface area contributed by atoms with Crippen LogP contribution in [0.15, 0.2) is 48.5 Å². The molecule has 0 amide bonds. The number of hydrogen-bond acceptors (Lipinski definition) is 2. The van der Waals surface area contributed by atoms with Gasteiger partial charge in [-0.05, 0) is 56.9 Å². The standard InChI is InChI=1S/C23H28O3/c1-17-7-9-18(10-8-17)23(15-5-4-6-16-23)19-11-13-20(14-12-19)26-22(2,3)21(24)25/h7-14H,4-6,15-16H2,1-3H3,(H,24,25). The van der Waals surface area contributed by atoms with Gasteiger partial charge in [0.25, 0.3) is 0 Å². The first-order valence-corrected chi connectivity index (χ1v) is 9.44. The van der Waals surface area contributed by atoms with Gasteiger partial charge in [0, 0.05) is 5.41 Å². The van der Waals surface area contributed by atoms with Gasteiger partial charge in [0.15, 0.2) is 5.60 Å². The summed E-state index contributed by atoms with van der Waals surface area (Å²) in [7, 11) is 0. The van der Waals surface area contributed by atoms with Crippen molar-refractivity contribution in [3.05, 3.63) is 65.2 Å². The zero-order valence-electron chi connectivity index (χ0n) is 15.9. The molecule has 26 heavy (non-hydrogen) atoms. The average Bonchev–Trinajstić information content (AvgIpc) is 2.63. The largest absolute Gasteiger partial charge is 0.478 e. The van der Waals surface area contributed by atoms with Crippen molar-refractivity contribution in [3.63, 3.8) is 0 Å². The van der Waals surface area contributed by atoms with Crippen LogP contribution in [0.2, 0.25) is 0 Å². The average molecular weight is 352 g/mol. The molecule has 0 saturated heterocycles. The van der Waals surface area contributed by atoms with Crippen molar-refractivity contribution in [2.75, 3.05) is 0 Å². The van der Waals surface area contributed by atoms with E-state index in [1.165, 1.54) is 36.0 Å². The fourth-order valence-electron chi connectivity index (χ4n) is 3.95. The van der Waals surface area contributed by atoms with E-state index in [-0.39, 0.29) is 5.41 Å². The number of carboxylic acid groups (broad SMARTS) is 1. The zero-order valence-corrected chi connectivity index (χ0v) is 15.9. The normalized spacial score (nSPS) is 16.9. The Morgan fingerprint density at radius 1 is 0.923 bits per heavy atom. The third-order valence-corrected chi connectivity index (χ3v) is 5.61. The first kappa shape index (κ1) is 18.5. The van der Waals surface area contributed by atoms with Crippen LogP contribution in [-0.4, -0.2) is 16.7 Å². The summed E-state index contributed by atoms with van der Waals surface area (Å²) < 4.78 is 5.66. The molecule has 138 valence electrons. The van der Waals surface area contributed by atoms with Crippen molar-refractivity contribution in [3.8, 4) is 5.75 Å². The van der Waals surface area contributed by atoms with E-state index in [1.807, 2.05) is 12.1 Å². The predicted molar refractivity (Wildman–Crippen MR) is 104 cm³/mol. The lowest BCUT2D eigenvalue weighted by Gasteiger charge is -2.39. The number of rotatable bonds is 5. The topological polar surface area (TPSA) is 46.5 Å². The Balaban J connectivity index is 1.93. The molecule has 1 saturated carbocycles. The Kier molecular flexibility index (Phi) is 5.08. The highest BCUT2D eigenvalue weighted by Gasteiger charge is 2.36. The van der Waals surface area contributed by atoms with E-state index in [2.05, 4.69) is 43.3 Å². The number of carbonyl (C=O) groups is 1. The van der Waals surface area contributed by atoms with Gasteiger partial charge >= 0.3 is 5.97 Å². The smallest absolute Gasteiger partial charge is 0.347 e. The van der Waals surface area contributed by atoms with Crippen LogP contribution in [0.1, 0.15) is 62.6 Å². The molecule has 1 aliphatic rings. The summed E-state index contributed by atoms with van der Waals surface area (Å²) in [6.45, 7) is 5.25. The molecule has 2 aromatic rings. The maximum Gasteiger partial charge on any atom is 0.347 e. The molecule has 0 aromatic heterocycles. The van der Waals surface area contributed by atoms with Crippen molar-refractivity contribution in [2.24, 2.45) is 0 Å². The molecule has 1 aliphatic carbocycles. The Labute approximate surface area is 156 Å². The van der Waals surface area contributed by atoms with Crippen LogP contribution in [-0.2, 0) is 10.2 Å². The van der Waals surface area contributed by atoms with Crippen LogP contribution in [0.3, 0.4) is 0 Å². The highest BCUT2D eigenvalue weighted by atomic mass is 16.5. The van der Waals surface area contributed by atoms with E-state index in [9.17, 15) is 9.90 Å². The number of hydrogen-bond donors (Lipinski definition) is 1. The molecule has 3 heteroatoms. The Bertz CT molecular complexity index is 751. The molecule has 0 spiro atoms. The second kappa shape index (κ2) is 7.14. The second-order valence-electron chi connectivity index (χ2n) is 7.95. The van der Waals surface area contributed by atoms with Gasteiger partial charge in [-0.1, -0.05) is 61.2 Å². The third-order valence-electron chi connectivity index (χ3n) is 5.61. The molecule has 0 heterocycles. The van der Waals surface area contributed by atoms with Crippen molar-refractivity contribution in [1.82, 2.24) is 0 Å². The summed E-state index contributed by atoms with van der Waals surface area (Å²) in [5.74, 6) is -0.374. The zero-order chi connectivity index (χ0) is 18.8. The van der Waals surface area contributed by atoms with Crippen molar-refractivity contribution < 1.29 is 14.6 Å². The van der Waals surface area contributed by atoms with E-state index >= 15 is 0 Å². The van der Waals surface area contributed by atoms with Crippen LogP contribution in [0.4, 0.5) is 0 Å². The van der Waals surface area contributed by atoms with Gasteiger partial charge in [-0.2, -0.15) is 0 Å². The van der Waals surface area contributed by atoms with Crippen LogP contribution < -0.4 is 4.74 Å².